The third kappa shape index (κ3) is 3.66. The van der Waals surface area contributed by atoms with Gasteiger partial charge in [0.25, 0.3) is 11.5 Å². The normalized spacial score (nSPS) is 11.8. The molecule has 4 aromatic rings. The summed E-state index contributed by atoms with van der Waals surface area (Å²) in [5.74, 6) is 0.602. The Kier molecular flexibility index (Phi) is 4.70. The highest BCUT2D eigenvalue weighted by molar-refractivity contribution is 5.99. The number of fused-ring (bicyclic) bond motifs is 2. The fourth-order valence-corrected chi connectivity index (χ4v) is 3.51. The van der Waals surface area contributed by atoms with Crippen LogP contribution in [0.25, 0.3) is 16.4 Å². The van der Waals surface area contributed by atoms with E-state index in [4.69, 9.17) is 0 Å². The molecule has 0 radical (unpaired) electrons. The number of amides is 1. The fourth-order valence-electron chi connectivity index (χ4n) is 3.51. The Bertz CT molecular complexity index is 1260. The van der Waals surface area contributed by atoms with Crippen LogP contribution in [0, 0.1) is 0 Å². The second-order valence-corrected chi connectivity index (χ2v) is 8.21. The molecule has 0 unspecified atom stereocenters. The van der Waals surface area contributed by atoms with Crippen LogP contribution in [-0.2, 0) is 11.8 Å². The molecule has 1 aromatic carbocycles. The fraction of sp³-hybridized carbons (Fsp3) is 0.261. The van der Waals surface area contributed by atoms with Crippen molar-refractivity contribution in [1.29, 1.82) is 0 Å². The molecule has 6 nitrogen and oxygen atoms in total. The van der Waals surface area contributed by atoms with E-state index in [-0.39, 0.29) is 16.9 Å². The number of imidazole rings is 1. The summed E-state index contributed by atoms with van der Waals surface area (Å²) in [5.41, 5.74) is 2.32. The number of rotatable bonds is 4. The summed E-state index contributed by atoms with van der Waals surface area (Å²) in [6.07, 6.45) is 2.37. The topological polar surface area (TPSA) is 79.3 Å². The molecular formula is C23H24N4O2. The predicted octanol–water partition coefficient (Wildman–Crippen LogP) is 3.45. The molecule has 0 aliphatic heterocycles. The van der Waals surface area contributed by atoms with Crippen LogP contribution in [0.1, 0.15) is 42.6 Å². The lowest BCUT2D eigenvalue weighted by Crippen LogP contribution is -2.28. The molecule has 2 N–H and O–H groups in total. The van der Waals surface area contributed by atoms with Crippen LogP contribution in [0.2, 0.25) is 0 Å². The lowest BCUT2D eigenvalue weighted by molar-refractivity contribution is 0.0951. The molecule has 0 bridgehead atoms. The van der Waals surface area contributed by atoms with Crippen LogP contribution in [-0.4, -0.2) is 26.8 Å². The summed E-state index contributed by atoms with van der Waals surface area (Å²) < 4.78 is 1.96. The Morgan fingerprint density at radius 1 is 1.14 bits per heavy atom. The van der Waals surface area contributed by atoms with Gasteiger partial charge in [-0.15, -0.1) is 0 Å². The van der Waals surface area contributed by atoms with E-state index in [1.54, 1.807) is 0 Å². The van der Waals surface area contributed by atoms with Crippen molar-refractivity contribution in [3.63, 3.8) is 0 Å². The third-order valence-corrected chi connectivity index (χ3v) is 4.94. The number of carbonyl (C=O) groups is 1. The van der Waals surface area contributed by atoms with Gasteiger partial charge in [0, 0.05) is 29.2 Å². The number of aromatic amines is 1. The van der Waals surface area contributed by atoms with Gasteiger partial charge in [0.1, 0.15) is 5.82 Å². The number of hydrogen-bond donors (Lipinski definition) is 2. The summed E-state index contributed by atoms with van der Waals surface area (Å²) in [6.45, 7) is 6.57. The molecular weight excluding hydrogens is 364 g/mol. The largest absolute Gasteiger partial charge is 0.350 e. The highest BCUT2D eigenvalue weighted by Crippen LogP contribution is 2.24. The monoisotopic (exact) mass is 388 g/mol. The molecule has 3 aromatic heterocycles. The third-order valence-electron chi connectivity index (χ3n) is 4.94. The lowest BCUT2D eigenvalue weighted by Gasteiger charge is -2.16. The maximum absolute atomic E-state index is 12.8. The van der Waals surface area contributed by atoms with Crippen LogP contribution in [0.15, 0.2) is 59.5 Å². The first-order valence-corrected chi connectivity index (χ1v) is 9.71. The highest BCUT2D eigenvalue weighted by atomic mass is 16.2. The molecule has 3 heterocycles. The molecule has 4 rings (SSSR count). The first kappa shape index (κ1) is 18.9. The number of nitrogens with one attached hydrogen (secondary N) is 2. The zero-order valence-electron chi connectivity index (χ0n) is 16.8. The van der Waals surface area contributed by atoms with Gasteiger partial charge in [0.05, 0.1) is 5.52 Å². The maximum atomic E-state index is 12.8. The van der Waals surface area contributed by atoms with Gasteiger partial charge in [-0.1, -0.05) is 45.0 Å². The first-order valence-electron chi connectivity index (χ1n) is 9.71. The highest BCUT2D eigenvalue weighted by Gasteiger charge is 2.24. The van der Waals surface area contributed by atoms with E-state index >= 15 is 0 Å². The van der Waals surface area contributed by atoms with Gasteiger partial charge in [-0.3, -0.25) is 9.59 Å². The number of para-hydroxylation sites is 1. The summed E-state index contributed by atoms with van der Waals surface area (Å²) in [5, 5.41) is 3.89. The number of benzene rings is 1. The van der Waals surface area contributed by atoms with E-state index in [1.165, 1.54) is 0 Å². The maximum Gasteiger partial charge on any atom is 0.272 e. The van der Waals surface area contributed by atoms with Gasteiger partial charge < -0.3 is 14.7 Å². The first-order chi connectivity index (χ1) is 13.8. The van der Waals surface area contributed by atoms with Gasteiger partial charge in [-0.2, -0.15) is 0 Å². The number of nitrogens with zero attached hydrogens (tertiary/aromatic N) is 2. The van der Waals surface area contributed by atoms with Crippen molar-refractivity contribution in [2.45, 2.75) is 32.6 Å². The quantitative estimate of drug-likeness (QED) is 0.562. The minimum atomic E-state index is -0.235. The van der Waals surface area contributed by atoms with E-state index in [0.29, 0.717) is 24.2 Å². The minimum absolute atomic E-state index is 0.125. The van der Waals surface area contributed by atoms with Crippen molar-refractivity contribution >= 4 is 22.3 Å². The molecule has 0 fully saturated rings. The van der Waals surface area contributed by atoms with Crippen molar-refractivity contribution in [3.8, 4) is 0 Å². The second-order valence-electron chi connectivity index (χ2n) is 8.21. The van der Waals surface area contributed by atoms with Crippen LogP contribution >= 0.6 is 0 Å². The molecule has 1 amide bonds. The number of H-pyrrole nitrogens is 1. The van der Waals surface area contributed by atoms with E-state index in [0.717, 1.165) is 22.2 Å². The van der Waals surface area contributed by atoms with Crippen molar-refractivity contribution in [2.24, 2.45) is 0 Å². The van der Waals surface area contributed by atoms with Gasteiger partial charge in [0.15, 0.2) is 5.69 Å². The molecule has 6 heteroatoms. The van der Waals surface area contributed by atoms with E-state index in [2.05, 4.69) is 36.1 Å². The van der Waals surface area contributed by atoms with Crippen molar-refractivity contribution in [2.75, 3.05) is 6.54 Å². The number of pyridine rings is 2. The Morgan fingerprint density at radius 2 is 1.90 bits per heavy atom. The minimum Gasteiger partial charge on any atom is -0.350 e. The average Bonchev–Trinajstić information content (AvgIpc) is 3.08. The van der Waals surface area contributed by atoms with Crippen LogP contribution in [0.4, 0.5) is 0 Å². The Morgan fingerprint density at radius 3 is 2.69 bits per heavy atom. The SMILES string of the molecule is CC(C)(C)c1nc(C(=O)NCCc2cc3ccccc3[nH]c2=O)c2ccccn12. The van der Waals surface area contributed by atoms with Crippen molar-refractivity contribution < 1.29 is 4.79 Å². The van der Waals surface area contributed by atoms with Crippen LogP contribution in [0.5, 0.6) is 0 Å². The average molecular weight is 388 g/mol. The van der Waals surface area contributed by atoms with Crippen molar-refractivity contribution in [1.82, 2.24) is 19.7 Å². The van der Waals surface area contributed by atoms with Gasteiger partial charge in [-0.05, 0) is 36.1 Å². The molecule has 0 aliphatic carbocycles. The standard InChI is InChI=1S/C23H24N4O2/c1-23(2,3)22-26-19(18-10-6-7-13-27(18)22)21(29)24-12-11-16-14-15-8-4-5-9-17(15)25-20(16)28/h4-10,13-14H,11-12H2,1-3H3,(H,24,29)(H,25,28). The number of carbonyl (C=O) groups excluding carboxylic acids is 1. The van der Waals surface area contributed by atoms with Crippen LogP contribution < -0.4 is 10.9 Å². The van der Waals surface area contributed by atoms with E-state index < -0.39 is 0 Å². The molecule has 29 heavy (non-hydrogen) atoms. The molecule has 0 saturated carbocycles. The summed E-state index contributed by atoms with van der Waals surface area (Å²) in [4.78, 5) is 32.6. The zero-order valence-corrected chi connectivity index (χ0v) is 16.8. The summed E-state index contributed by atoms with van der Waals surface area (Å²) in [6, 6.07) is 15.3. The predicted molar refractivity (Wildman–Crippen MR) is 114 cm³/mol. The van der Waals surface area contributed by atoms with Crippen molar-refractivity contribution in [3.05, 3.63) is 82.2 Å². The molecule has 148 valence electrons. The van der Waals surface area contributed by atoms with Crippen LogP contribution in [0.3, 0.4) is 0 Å². The number of hydrogen-bond acceptors (Lipinski definition) is 3. The molecule has 0 aliphatic rings. The molecule has 0 saturated heterocycles. The molecule has 0 atom stereocenters. The Hall–Kier alpha value is -3.41. The summed E-state index contributed by atoms with van der Waals surface area (Å²) >= 11 is 0. The Labute approximate surface area is 168 Å². The summed E-state index contributed by atoms with van der Waals surface area (Å²) in [7, 11) is 0. The van der Waals surface area contributed by atoms with Gasteiger partial charge >= 0.3 is 0 Å². The lowest BCUT2D eigenvalue weighted by atomic mass is 9.96. The number of aromatic nitrogens is 3. The van der Waals surface area contributed by atoms with Gasteiger partial charge in [-0.25, -0.2) is 4.98 Å². The van der Waals surface area contributed by atoms with E-state index in [1.807, 2.05) is 59.1 Å². The van der Waals surface area contributed by atoms with Gasteiger partial charge in [0.2, 0.25) is 0 Å². The zero-order chi connectivity index (χ0) is 20.6. The second kappa shape index (κ2) is 7.20. The Balaban J connectivity index is 1.54. The molecule has 0 spiro atoms. The smallest absolute Gasteiger partial charge is 0.272 e. The van der Waals surface area contributed by atoms with E-state index in [9.17, 15) is 9.59 Å².